The highest BCUT2D eigenvalue weighted by Gasteiger charge is 2.31. The Kier molecular flexibility index (Phi) is 6.21. The lowest BCUT2D eigenvalue weighted by atomic mass is 10.2. The summed E-state index contributed by atoms with van der Waals surface area (Å²) in [6, 6.07) is 6.88. The fraction of sp³-hybridized carbons (Fsp3) is 0.421. The van der Waals surface area contributed by atoms with Crippen LogP contribution in [0.1, 0.15) is 29.4 Å². The van der Waals surface area contributed by atoms with Crippen LogP contribution in [0.2, 0.25) is 0 Å². The summed E-state index contributed by atoms with van der Waals surface area (Å²) < 4.78 is 35.8. The van der Waals surface area contributed by atoms with Gasteiger partial charge in [0.25, 0.3) is 5.91 Å². The first-order valence-electron chi connectivity index (χ1n) is 9.14. The van der Waals surface area contributed by atoms with Crippen molar-refractivity contribution in [2.45, 2.75) is 26.3 Å². The van der Waals surface area contributed by atoms with Gasteiger partial charge in [-0.05, 0) is 32.4 Å². The maximum atomic E-state index is 12.0. The van der Waals surface area contributed by atoms with E-state index in [4.69, 9.17) is 9.47 Å². The Hall–Kier alpha value is -2.88. The molecule has 2 heterocycles. The van der Waals surface area contributed by atoms with Gasteiger partial charge in [0.05, 0.1) is 36.6 Å². The summed E-state index contributed by atoms with van der Waals surface area (Å²) >= 11 is 0. The number of para-hydroxylation sites is 2. The molecule has 9 nitrogen and oxygen atoms in total. The second-order valence-corrected chi connectivity index (χ2v) is 9.05. The van der Waals surface area contributed by atoms with Crippen LogP contribution in [0.4, 0.5) is 0 Å². The maximum Gasteiger partial charge on any atom is 0.277 e. The number of carbonyl (C=O) groups excluding carboxylic acids is 1. The van der Waals surface area contributed by atoms with E-state index >= 15 is 0 Å². The number of rotatable bonds is 7. The highest BCUT2D eigenvalue weighted by atomic mass is 32.2. The zero-order chi connectivity index (χ0) is 21.0. The highest BCUT2D eigenvalue weighted by molar-refractivity contribution is 7.91. The molecule has 1 amide bonds. The largest absolute Gasteiger partial charge is 0.493 e. The number of hydrogen-bond acceptors (Lipinski definition) is 7. The third kappa shape index (κ3) is 4.94. The Bertz CT molecular complexity index is 1030. The van der Waals surface area contributed by atoms with E-state index in [0.29, 0.717) is 17.9 Å². The second kappa shape index (κ2) is 8.64. The number of amides is 1. The minimum absolute atomic E-state index is 0.0998. The molecule has 1 fully saturated rings. The van der Waals surface area contributed by atoms with E-state index in [9.17, 15) is 13.2 Å². The van der Waals surface area contributed by atoms with Crippen LogP contribution < -0.4 is 14.9 Å². The van der Waals surface area contributed by atoms with Crippen LogP contribution in [0.25, 0.3) is 0 Å². The van der Waals surface area contributed by atoms with Crippen LogP contribution in [0.3, 0.4) is 0 Å². The van der Waals surface area contributed by atoms with Crippen molar-refractivity contribution in [3.05, 3.63) is 41.2 Å². The number of nitrogens with one attached hydrogen (secondary N) is 1. The summed E-state index contributed by atoms with van der Waals surface area (Å²) in [5.74, 6) is 0.867. The molecule has 1 aliphatic rings. The number of hydrazone groups is 1. The smallest absolute Gasteiger partial charge is 0.277 e. The molecule has 0 spiro atoms. The SMILES string of the molecule is COc1ccccc1OCC(=O)N/N=C\c1c(C)nn([C@@H]2CCS(=O)(=O)C2)c1C. The summed E-state index contributed by atoms with van der Waals surface area (Å²) in [5.41, 5.74) is 4.70. The maximum absolute atomic E-state index is 12.0. The van der Waals surface area contributed by atoms with Crippen molar-refractivity contribution in [2.24, 2.45) is 5.10 Å². The van der Waals surface area contributed by atoms with Gasteiger partial charge < -0.3 is 9.47 Å². The van der Waals surface area contributed by atoms with Crippen LogP contribution in [-0.4, -0.2) is 55.5 Å². The molecule has 0 bridgehead atoms. The molecule has 1 saturated heterocycles. The van der Waals surface area contributed by atoms with Gasteiger partial charge in [0.2, 0.25) is 0 Å². The molecule has 156 valence electrons. The molecule has 1 aliphatic heterocycles. The Labute approximate surface area is 169 Å². The lowest BCUT2D eigenvalue weighted by molar-refractivity contribution is -0.123. The Morgan fingerprint density at radius 2 is 2.07 bits per heavy atom. The van der Waals surface area contributed by atoms with Gasteiger partial charge in [-0.15, -0.1) is 0 Å². The van der Waals surface area contributed by atoms with Gasteiger partial charge in [0, 0.05) is 11.3 Å². The van der Waals surface area contributed by atoms with Gasteiger partial charge in [-0.2, -0.15) is 10.2 Å². The molecule has 1 aromatic heterocycles. The van der Waals surface area contributed by atoms with E-state index in [1.54, 1.807) is 22.9 Å². The summed E-state index contributed by atoms with van der Waals surface area (Å²) in [6.45, 7) is 3.47. The number of aromatic nitrogens is 2. The van der Waals surface area contributed by atoms with E-state index < -0.39 is 15.7 Å². The minimum Gasteiger partial charge on any atom is -0.493 e. The van der Waals surface area contributed by atoms with Crippen molar-refractivity contribution in [1.29, 1.82) is 0 Å². The first-order chi connectivity index (χ1) is 13.8. The third-order valence-corrected chi connectivity index (χ3v) is 6.50. The summed E-state index contributed by atoms with van der Waals surface area (Å²) in [4.78, 5) is 12.0. The van der Waals surface area contributed by atoms with Crippen molar-refractivity contribution in [3.8, 4) is 11.5 Å². The van der Waals surface area contributed by atoms with Crippen LogP contribution in [0.15, 0.2) is 29.4 Å². The topological polar surface area (TPSA) is 112 Å². The molecule has 0 radical (unpaired) electrons. The fourth-order valence-electron chi connectivity index (χ4n) is 3.27. The zero-order valence-corrected chi connectivity index (χ0v) is 17.4. The predicted molar refractivity (Wildman–Crippen MR) is 108 cm³/mol. The monoisotopic (exact) mass is 420 g/mol. The molecular weight excluding hydrogens is 396 g/mol. The molecule has 1 N–H and O–H groups in total. The number of hydrogen-bond donors (Lipinski definition) is 1. The first kappa shape index (κ1) is 20.8. The Balaban J connectivity index is 1.59. The van der Waals surface area contributed by atoms with Gasteiger partial charge in [-0.3, -0.25) is 9.48 Å². The van der Waals surface area contributed by atoms with Crippen LogP contribution in [0, 0.1) is 13.8 Å². The highest BCUT2D eigenvalue weighted by Crippen LogP contribution is 2.26. The molecule has 1 atom stereocenters. The number of methoxy groups -OCH3 is 1. The van der Waals surface area contributed by atoms with Crippen LogP contribution in [0.5, 0.6) is 11.5 Å². The molecule has 3 rings (SSSR count). The standard InChI is InChI=1S/C19H24N4O5S/c1-13-16(14(2)23(22-13)15-8-9-29(25,26)12-15)10-20-21-19(24)11-28-18-7-5-4-6-17(18)27-3/h4-7,10,15H,8-9,11-12H2,1-3H3,(H,21,24)/b20-10-/t15-/m1/s1. The van der Waals surface area contributed by atoms with Gasteiger partial charge in [0.1, 0.15) is 0 Å². The zero-order valence-electron chi connectivity index (χ0n) is 16.6. The predicted octanol–water partition coefficient (Wildman–Crippen LogP) is 1.40. The molecule has 0 aliphatic carbocycles. The van der Waals surface area contributed by atoms with E-state index in [-0.39, 0.29) is 24.2 Å². The second-order valence-electron chi connectivity index (χ2n) is 6.82. The number of ether oxygens (including phenoxy) is 2. The fourth-order valence-corrected chi connectivity index (χ4v) is 4.96. The number of sulfone groups is 1. The third-order valence-electron chi connectivity index (χ3n) is 4.75. The first-order valence-corrected chi connectivity index (χ1v) is 11.0. The number of nitrogens with zero attached hydrogens (tertiary/aromatic N) is 3. The molecule has 0 unspecified atom stereocenters. The molecule has 29 heavy (non-hydrogen) atoms. The lowest BCUT2D eigenvalue weighted by Gasteiger charge is -2.10. The molecule has 0 saturated carbocycles. The van der Waals surface area contributed by atoms with E-state index in [1.165, 1.54) is 13.3 Å². The Morgan fingerprint density at radius 1 is 1.34 bits per heavy atom. The van der Waals surface area contributed by atoms with Crippen LogP contribution >= 0.6 is 0 Å². The average molecular weight is 420 g/mol. The molecule has 2 aromatic rings. The van der Waals surface area contributed by atoms with Gasteiger partial charge in [0.15, 0.2) is 27.9 Å². The average Bonchev–Trinajstić information content (AvgIpc) is 3.19. The van der Waals surface area contributed by atoms with E-state index in [0.717, 1.165) is 17.0 Å². The van der Waals surface area contributed by atoms with Crippen LogP contribution in [-0.2, 0) is 14.6 Å². The number of carbonyl (C=O) groups is 1. The van der Waals surface area contributed by atoms with Crippen molar-refractivity contribution < 1.29 is 22.7 Å². The Morgan fingerprint density at radius 3 is 2.72 bits per heavy atom. The number of aryl methyl sites for hydroxylation is 1. The van der Waals surface area contributed by atoms with E-state index in [1.807, 2.05) is 19.9 Å². The van der Waals surface area contributed by atoms with Crippen molar-refractivity contribution >= 4 is 22.0 Å². The van der Waals surface area contributed by atoms with Gasteiger partial charge in [-0.1, -0.05) is 12.1 Å². The van der Waals surface area contributed by atoms with Gasteiger partial charge >= 0.3 is 0 Å². The quantitative estimate of drug-likeness (QED) is 0.535. The number of benzene rings is 1. The summed E-state index contributed by atoms with van der Waals surface area (Å²) in [5, 5.41) is 8.44. The van der Waals surface area contributed by atoms with E-state index in [2.05, 4.69) is 15.6 Å². The molecule has 10 heteroatoms. The minimum atomic E-state index is -3.00. The normalized spacial score (nSPS) is 18.1. The summed E-state index contributed by atoms with van der Waals surface area (Å²) in [6.07, 6.45) is 2.07. The lowest BCUT2D eigenvalue weighted by Crippen LogP contribution is -2.24. The van der Waals surface area contributed by atoms with Crippen molar-refractivity contribution in [2.75, 3.05) is 25.2 Å². The molecule has 1 aromatic carbocycles. The molecular formula is C19H24N4O5S. The van der Waals surface area contributed by atoms with Crippen molar-refractivity contribution in [1.82, 2.24) is 15.2 Å². The van der Waals surface area contributed by atoms with Crippen molar-refractivity contribution in [3.63, 3.8) is 0 Å². The summed E-state index contributed by atoms with van der Waals surface area (Å²) in [7, 11) is -1.47. The van der Waals surface area contributed by atoms with Gasteiger partial charge in [-0.25, -0.2) is 13.8 Å².